The van der Waals surface area contributed by atoms with Crippen molar-refractivity contribution in [2.75, 3.05) is 26.3 Å². The van der Waals surface area contributed by atoms with Gasteiger partial charge in [0.25, 0.3) is 0 Å². The highest BCUT2D eigenvalue weighted by atomic mass is 35.5. The van der Waals surface area contributed by atoms with Crippen LogP contribution in [0.1, 0.15) is 110 Å². The number of aryl methyl sites for hydroxylation is 2. The molecule has 2 amide bonds. The van der Waals surface area contributed by atoms with Crippen LogP contribution in [0.2, 0.25) is 10.0 Å². The Balaban J connectivity index is 0.923. The highest BCUT2D eigenvalue weighted by Gasteiger charge is 2.32. The number of hydrogen-bond acceptors (Lipinski definition) is 10. The van der Waals surface area contributed by atoms with Crippen molar-refractivity contribution >= 4 is 46.4 Å². The Morgan fingerprint density at radius 2 is 0.984 bits per heavy atom. The molecule has 0 radical (unpaired) electrons. The number of rotatable bonds is 17. The van der Waals surface area contributed by atoms with Crippen molar-refractivity contribution in [1.82, 2.24) is 40.2 Å². The molecule has 6 aromatic rings. The molecule has 8 rings (SSSR count). The predicted molar refractivity (Wildman–Crippen MR) is 248 cm³/mol. The molecule has 2 N–H and O–H groups in total. The van der Waals surface area contributed by atoms with E-state index in [1.807, 2.05) is 122 Å². The van der Waals surface area contributed by atoms with E-state index in [2.05, 4.69) is 31.0 Å². The molecule has 0 fully saturated rings. The molecule has 2 atom stereocenters. The van der Waals surface area contributed by atoms with E-state index in [0.29, 0.717) is 71.1 Å². The van der Waals surface area contributed by atoms with E-state index in [0.717, 1.165) is 70.7 Å². The number of amides is 2. The molecule has 2 unspecified atom stereocenters. The van der Waals surface area contributed by atoms with E-state index < -0.39 is 12.1 Å². The van der Waals surface area contributed by atoms with Crippen LogP contribution in [0.15, 0.2) is 94.9 Å². The number of fused-ring (bicyclic) bond motifs is 6. The lowest BCUT2D eigenvalue weighted by atomic mass is 10.00. The summed E-state index contributed by atoms with van der Waals surface area (Å²) in [6, 6.07) is 25.9. The number of carbonyl (C=O) groups excluding carboxylic acids is 2. The summed E-state index contributed by atoms with van der Waals surface area (Å²) in [4.78, 5) is 36.0. The van der Waals surface area contributed by atoms with E-state index in [1.165, 1.54) is 0 Å². The largest absolute Gasteiger partial charge is 0.494 e. The second-order valence-corrected chi connectivity index (χ2v) is 16.5. The van der Waals surface area contributed by atoms with Crippen molar-refractivity contribution < 1.29 is 19.1 Å². The van der Waals surface area contributed by atoms with Gasteiger partial charge < -0.3 is 20.1 Å². The predicted octanol–water partition coefficient (Wildman–Crippen LogP) is 8.63. The number of unbranched alkanes of at least 4 members (excludes halogenated alkanes) is 3. The summed E-state index contributed by atoms with van der Waals surface area (Å²) in [7, 11) is 0. The Kier molecular flexibility index (Phi) is 13.8. The standard InChI is InChI=1S/C48H50Cl2N10O4/c1-5-51-43(61)27-39-47-57-55-29(3)59(47)41-21-19-35(25-37(41)45(53-39)31-11-15-33(49)16-12-31)63-23-9-7-8-10-24-64-36-20-22-42-38(26-36)46(32-13-17-34(50)18-14-32)54-40(28-44(62)52-6-2)48-58-56-30(4)60(42)48/h11-22,25-26,39-40H,5-10,23-24,27-28H2,1-4H3,(H,51,61)(H,52,62). The van der Waals surface area contributed by atoms with E-state index in [-0.39, 0.29) is 24.7 Å². The van der Waals surface area contributed by atoms with E-state index in [4.69, 9.17) is 42.7 Å². The maximum Gasteiger partial charge on any atom is 0.222 e. The minimum absolute atomic E-state index is 0.111. The van der Waals surface area contributed by atoms with Crippen molar-refractivity contribution in [3.05, 3.63) is 141 Å². The molecule has 0 aliphatic carbocycles. The Hall–Kier alpha value is -6.38. The van der Waals surface area contributed by atoms with Crippen LogP contribution in [0.25, 0.3) is 11.4 Å². The maximum absolute atomic E-state index is 12.9. The second-order valence-electron chi connectivity index (χ2n) is 15.7. The van der Waals surface area contributed by atoms with Crippen molar-refractivity contribution in [2.45, 2.75) is 78.3 Å². The third-order valence-electron chi connectivity index (χ3n) is 11.1. The molecule has 14 nitrogen and oxygen atoms in total. The van der Waals surface area contributed by atoms with E-state index in [1.54, 1.807) is 0 Å². The van der Waals surface area contributed by atoms with Gasteiger partial charge in [0.1, 0.15) is 35.2 Å². The normalized spacial score (nSPS) is 15.0. The first-order chi connectivity index (χ1) is 31.1. The van der Waals surface area contributed by atoms with Crippen molar-refractivity contribution in [3.8, 4) is 22.9 Å². The number of aliphatic imine (C=N–C) groups is 2. The van der Waals surface area contributed by atoms with Crippen LogP contribution in [0.5, 0.6) is 11.5 Å². The number of aromatic nitrogens is 6. The Morgan fingerprint density at radius 1 is 0.578 bits per heavy atom. The zero-order valence-electron chi connectivity index (χ0n) is 36.3. The van der Waals surface area contributed by atoms with Gasteiger partial charge in [0, 0.05) is 45.4 Å². The number of nitrogens with zero attached hydrogens (tertiary/aromatic N) is 8. The average Bonchev–Trinajstić information content (AvgIpc) is 3.79. The molecule has 330 valence electrons. The molecular weight excluding hydrogens is 851 g/mol. The lowest BCUT2D eigenvalue weighted by molar-refractivity contribution is -0.122. The molecule has 0 saturated carbocycles. The highest BCUT2D eigenvalue weighted by Crippen LogP contribution is 2.36. The first-order valence-electron chi connectivity index (χ1n) is 21.7. The number of halogens is 2. The Bertz CT molecular complexity index is 2520. The van der Waals surface area contributed by atoms with E-state index >= 15 is 0 Å². The van der Waals surface area contributed by atoms with Crippen molar-refractivity contribution in [2.24, 2.45) is 9.98 Å². The molecule has 2 aliphatic rings. The Labute approximate surface area is 382 Å². The van der Waals surface area contributed by atoms with Gasteiger partial charge in [0.05, 0.1) is 48.9 Å². The van der Waals surface area contributed by atoms with Gasteiger partial charge in [-0.25, -0.2) is 0 Å². The third kappa shape index (κ3) is 9.73. The average molecular weight is 902 g/mol. The summed E-state index contributed by atoms with van der Waals surface area (Å²) in [5.41, 5.74) is 6.59. The zero-order valence-corrected chi connectivity index (χ0v) is 37.8. The molecule has 2 aliphatic heterocycles. The quantitative estimate of drug-likeness (QED) is 0.0860. The minimum Gasteiger partial charge on any atom is -0.494 e. The third-order valence-corrected chi connectivity index (χ3v) is 11.6. The minimum atomic E-state index is -0.553. The number of nitrogens with one attached hydrogen (secondary N) is 2. The SMILES string of the molecule is CCNC(=O)CC1N=C(c2ccc(Cl)cc2)c2cc(OCCCCCCOc3ccc4c(c3)C(c3ccc(Cl)cc3)=NC(CC(=O)NCC)c3nnc(C)n3-4)ccc2-n2c(C)nnc21. The monoisotopic (exact) mass is 900 g/mol. The van der Waals surface area contributed by atoms with Gasteiger partial charge in [-0.2, -0.15) is 0 Å². The fourth-order valence-electron chi connectivity index (χ4n) is 8.11. The molecule has 4 heterocycles. The lowest BCUT2D eigenvalue weighted by Gasteiger charge is -2.15. The van der Waals surface area contributed by atoms with Crippen molar-refractivity contribution in [1.29, 1.82) is 0 Å². The van der Waals surface area contributed by atoms with Gasteiger partial charge >= 0.3 is 0 Å². The molecular formula is C48H50Cl2N10O4. The smallest absolute Gasteiger partial charge is 0.222 e. The van der Waals surface area contributed by atoms with Crippen LogP contribution in [0.4, 0.5) is 0 Å². The molecule has 0 spiro atoms. The van der Waals surface area contributed by atoms with Gasteiger partial charge in [-0.3, -0.25) is 28.7 Å². The number of benzene rings is 4. The molecule has 64 heavy (non-hydrogen) atoms. The first-order valence-corrected chi connectivity index (χ1v) is 22.5. The second kappa shape index (κ2) is 20.0. The summed E-state index contributed by atoms with van der Waals surface area (Å²) in [6.07, 6.45) is 3.89. The van der Waals surface area contributed by atoms with Crippen LogP contribution in [-0.2, 0) is 9.59 Å². The summed E-state index contributed by atoms with van der Waals surface area (Å²) < 4.78 is 16.6. The molecule has 16 heteroatoms. The number of hydrogen-bond donors (Lipinski definition) is 2. The van der Waals surface area contributed by atoms with Gasteiger partial charge in [0.15, 0.2) is 11.6 Å². The summed E-state index contributed by atoms with van der Waals surface area (Å²) >= 11 is 12.6. The summed E-state index contributed by atoms with van der Waals surface area (Å²) in [5, 5.41) is 24.7. The van der Waals surface area contributed by atoms with Gasteiger partial charge in [-0.05, 0) is 114 Å². The van der Waals surface area contributed by atoms with Crippen LogP contribution in [-0.4, -0.2) is 79.1 Å². The van der Waals surface area contributed by atoms with Crippen LogP contribution >= 0.6 is 23.2 Å². The topological polar surface area (TPSA) is 163 Å². The highest BCUT2D eigenvalue weighted by molar-refractivity contribution is 6.31. The number of carbonyl (C=O) groups is 2. The fourth-order valence-corrected chi connectivity index (χ4v) is 8.36. The van der Waals surface area contributed by atoms with Gasteiger partial charge in [0.2, 0.25) is 11.8 Å². The molecule has 0 bridgehead atoms. The maximum atomic E-state index is 12.9. The lowest BCUT2D eigenvalue weighted by Crippen LogP contribution is -2.25. The molecule has 2 aromatic heterocycles. The zero-order chi connectivity index (χ0) is 44.7. The Morgan fingerprint density at radius 3 is 1.38 bits per heavy atom. The summed E-state index contributed by atoms with van der Waals surface area (Å²) in [6.45, 7) is 9.70. The van der Waals surface area contributed by atoms with Crippen LogP contribution < -0.4 is 20.1 Å². The van der Waals surface area contributed by atoms with Gasteiger partial charge in [-0.1, -0.05) is 47.5 Å². The fraction of sp³-hybridized carbons (Fsp3) is 0.333. The summed E-state index contributed by atoms with van der Waals surface area (Å²) in [5.74, 6) is 3.82. The molecule has 4 aromatic carbocycles. The van der Waals surface area contributed by atoms with Crippen LogP contribution in [0, 0.1) is 13.8 Å². The van der Waals surface area contributed by atoms with E-state index in [9.17, 15) is 9.59 Å². The van der Waals surface area contributed by atoms with Crippen molar-refractivity contribution in [3.63, 3.8) is 0 Å². The number of ether oxygens (including phenoxy) is 2. The van der Waals surface area contributed by atoms with Crippen LogP contribution in [0.3, 0.4) is 0 Å². The molecule has 0 saturated heterocycles. The first kappa shape index (κ1) is 44.2. The van der Waals surface area contributed by atoms with Gasteiger partial charge in [-0.15, -0.1) is 20.4 Å².